The van der Waals surface area contributed by atoms with Gasteiger partial charge in [0.2, 0.25) is 0 Å². The number of anilines is 1. The number of hydrogen-bond acceptors (Lipinski definition) is 4. The molecule has 4 nitrogen and oxygen atoms in total. The molecular formula is C14H23N3O. The molecule has 0 radical (unpaired) electrons. The van der Waals surface area contributed by atoms with Gasteiger partial charge in [-0.1, -0.05) is 6.07 Å². The summed E-state index contributed by atoms with van der Waals surface area (Å²) in [5.74, 6) is 1.07. The van der Waals surface area contributed by atoms with Crippen molar-refractivity contribution in [2.75, 3.05) is 45.2 Å². The number of aromatic nitrogens is 1. The monoisotopic (exact) mass is 249 g/mol. The topological polar surface area (TPSA) is 28.6 Å². The first-order chi connectivity index (χ1) is 8.53. The highest BCUT2D eigenvalue weighted by molar-refractivity contribution is 5.40. The highest BCUT2D eigenvalue weighted by Crippen LogP contribution is 2.24. The van der Waals surface area contributed by atoms with Crippen LogP contribution in [0.25, 0.3) is 0 Å². The Morgan fingerprint density at radius 2 is 1.83 bits per heavy atom. The second-order valence-corrected chi connectivity index (χ2v) is 5.41. The summed E-state index contributed by atoms with van der Waals surface area (Å²) in [7, 11) is 3.89. The molecule has 1 aliphatic heterocycles. The number of likely N-dealkylation sites (N-methyl/N-ethyl adjacent to an activating group) is 1. The number of rotatable bonds is 3. The van der Waals surface area contributed by atoms with Crippen LogP contribution in [-0.2, 0) is 10.3 Å². The molecule has 2 rings (SSSR count). The molecule has 0 aromatic carbocycles. The molecule has 100 valence electrons. The van der Waals surface area contributed by atoms with Crippen molar-refractivity contribution in [3.8, 4) is 0 Å². The molecule has 4 heteroatoms. The molecule has 0 atom stereocenters. The number of pyridine rings is 1. The van der Waals surface area contributed by atoms with Crippen LogP contribution in [0.5, 0.6) is 0 Å². The predicted molar refractivity (Wildman–Crippen MR) is 74.0 cm³/mol. The largest absolute Gasteiger partial charge is 0.374 e. The molecule has 0 N–H and O–H groups in total. The van der Waals surface area contributed by atoms with E-state index in [9.17, 15) is 0 Å². The third kappa shape index (κ3) is 2.82. The van der Waals surface area contributed by atoms with Gasteiger partial charge in [0.05, 0.1) is 5.60 Å². The zero-order valence-corrected chi connectivity index (χ0v) is 11.8. The molecule has 1 aromatic rings. The molecule has 1 aromatic heterocycles. The third-order valence-electron chi connectivity index (χ3n) is 3.78. The van der Waals surface area contributed by atoms with Gasteiger partial charge in [-0.2, -0.15) is 0 Å². The molecule has 0 spiro atoms. The molecule has 0 amide bonds. The second-order valence-electron chi connectivity index (χ2n) is 5.41. The zero-order valence-electron chi connectivity index (χ0n) is 11.8. The quantitative estimate of drug-likeness (QED) is 0.815. The maximum absolute atomic E-state index is 5.46. The Balaban J connectivity index is 2.08. The fraction of sp³-hybridized carbons (Fsp3) is 0.643. The summed E-state index contributed by atoms with van der Waals surface area (Å²) in [6.07, 6.45) is 1.93. The molecule has 1 saturated heterocycles. The molecule has 0 unspecified atom stereocenters. The van der Waals surface area contributed by atoms with Crippen LogP contribution in [0.3, 0.4) is 0 Å². The van der Waals surface area contributed by atoms with Gasteiger partial charge in [0.15, 0.2) is 0 Å². The Morgan fingerprint density at radius 1 is 1.17 bits per heavy atom. The van der Waals surface area contributed by atoms with Crippen molar-refractivity contribution in [2.45, 2.75) is 19.4 Å². The zero-order chi connectivity index (χ0) is 13.2. The van der Waals surface area contributed by atoms with Gasteiger partial charge in [-0.05, 0) is 27.0 Å². The van der Waals surface area contributed by atoms with Crippen molar-refractivity contribution in [3.63, 3.8) is 0 Å². The second kappa shape index (κ2) is 5.24. The lowest BCUT2D eigenvalue weighted by atomic mass is 10.0. The molecule has 1 fully saturated rings. The summed E-state index contributed by atoms with van der Waals surface area (Å²) in [5, 5.41) is 0. The van der Waals surface area contributed by atoms with Crippen molar-refractivity contribution < 1.29 is 4.74 Å². The predicted octanol–water partition coefficient (Wildman–Crippen LogP) is 1.71. The van der Waals surface area contributed by atoms with Gasteiger partial charge in [-0.15, -0.1) is 0 Å². The Hall–Kier alpha value is -1.13. The first-order valence-electron chi connectivity index (χ1n) is 6.48. The average molecular weight is 249 g/mol. The lowest BCUT2D eigenvalue weighted by molar-refractivity contribution is 0.0189. The minimum Gasteiger partial charge on any atom is -0.374 e. The molecule has 1 aliphatic rings. The van der Waals surface area contributed by atoms with E-state index >= 15 is 0 Å². The summed E-state index contributed by atoms with van der Waals surface area (Å²) in [6.45, 7) is 8.42. The van der Waals surface area contributed by atoms with Gasteiger partial charge >= 0.3 is 0 Å². The van der Waals surface area contributed by atoms with E-state index in [2.05, 4.69) is 47.8 Å². The SMILES string of the molecule is COC(C)(C)c1ccc(N2CCN(C)CC2)nc1. The fourth-order valence-electron chi connectivity index (χ4n) is 2.08. The van der Waals surface area contributed by atoms with E-state index in [1.807, 2.05) is 6.20 Å². The van der Waals surface area contributed by atoms with Gasteiger partial charge in [-0.25, -0.2) is 4.98 Å². The Kier molecular flexibility index (Phi) is 3.88. The van der Waals surface area contributed by atoms with Crippen LogP contribution in [0, 0.1) is 0 Å². The Bertz CT molecular complexity index is 381. The van der Waals surface area contributed by atoms with E-state index < -0.39 is 0 Å². The average Bonchev–Trinajstić information content (AvgIpc) is 2.40. The molecule has 0 bridgehead atoms. The maximum atomic E-state index is 5.46. The van der Waals surface area contributed by atoms with Gasteiger partial charge in [0, 0.05) is 45.0 Å². The summed E-state index contributed by atoms with van der Waals surface area (Å²) in [6, 6.07) is 4.21. The lowest BCUT2D eigenvalue weighted by Crippen LogP contribution is -2.44. The maximum Gasteiger partial charge on any atom is 0.128 e. The summed E-state index contributed by atoms with van der Waals surface area (Å²) in [5.41, 5.74) is 0.844. The summed E-state index contributed by atoms with van der Waals surface area (Å²) < 4.78 is 5.46. The first kappa shape index (κ1) is 13.3. The smallest absolute Gasteiger partial charge is 0.128 e. The minimum absolute atomic E-state index is 0.270. The number of methoxy groups -OCH3 is 1. The standard InChI is InChI=1S/C14H23N3O/c1-14(2,18-4)12-5-6-13(15-11-12)17-9-7-16(3)8-10-17/h5-6,11H,7-10H2,1-4H3. The van der Waals surface area contributed by atoms with E-state index in [1.165, 1.54) is 0 Å². The summed E-state index contributed by atoms with van der Waals surface area (Å²) in [4.78, 5) is 9.25. The van der Waals surface area contributed by atoms with Crippen LogP contribution >= 0.6 is 0 Å². The molecular weight excluding hydrogens is 226 g/mol. The van der Waals surface area contributed by atoms with Crippen LogP contribution in [-0.4, -0.2) is 50.2 Å². The number of piperazine rings is 1. The normalized spacial score (nSPS) is 18.1. The Morgan fingerprint density at radius 3 is 2.33 bits per heavy atom. The van der Waals surface area contributed by atoms with Gasteiger partial charge < -0.3 is 14.5 Å². The van der Waals surface area contributed by atoms with E-state index in [0.717, 1.165) is 37.6 Å². The van der Waals surface area contributed by atoms with Crippen LogP contribution in [0.15, 0.2) is 18.3 Å². The minimum atomic E-state index is -0.270. The van der Waals surface area contributed by atoms with Crippen LogP contribution < -0.4 is 4.90 Å². The summed E-state index contributed by atoms with van der Waals surface area (Å²) >= 11 is 0. The highest BCUT2D eigenvalue weighted by Gasteiger charge is 2.21. The molecule has 2 heterocycles. The van der Waals surface area contributed by atoms with E-state index in [0.29, 0.717) is 0 Å². The third-order valence-corrected chi connectivity index (χ3v) is 3.78. The lowest BCUT2D eigenvalue weighted by Gasteiger charge is -2.33. The Labute approximate surface area is 110 Å². The number of hydrogen-bond donors (Lipinski definition) is 0. The van der Waals surface area contributed by atoms with Crippen molar-refractivity contribution >= 4 is 5.82 Å². The molecule has 18 heavy (non-hydrogen) atoms. The van der Waals surface area contributed by atoms with Crippen molar-refractivity contribution in [2.24, 2.45) is 0 Å². The number of nitrogens with zero attached hydrogens (tertiary/aromatic N) is 3. The highest BCUT2D eigenvalue weighted by atomic mass is 16.5. The van der Waals surface area contributed by atoms with E-state index in [1.54, 1.807) is 7.11 Å². The van der Waals surface area contributed by atoms with Gasteiger partial charge in [-0.3, -0.25) is 0 Å². The van der Waals surface area contributed by atoms with Gasteiger partial charge in [0.25, 0.3) is 0 Å². The van der Waals surface area contributed by atoms with Crippen LogP contribution in [0.4, 0.5) is 5.82 Å². The van der Waals surface area contributed by atoms with Crippen molar-refractivity contribution in [1.82, 2.24) is 9.88 Å². The molecule has 0 aliphatic carbocycles. The first-order valence-corrected chi connectivity index (χ1v) is 6.48. The number of ether oxygens (including phenoxy) is 1. The van der Waals surface area contributed by atoms with Crippen LogP contribution in [0.1, 0.15) is 19.4 Å². The van der Waals surface area contributed by atoms with E-state index in [-0.39, 0.29) is 5.60 Å². The molecule has 0 saturated carbocycles. The van der Waals surface area contributed by atoms with Crippen LogP contribution in [0.2, 0.25) is 0 Å². The fourth-order valence-corrected chi connectivity index (χ4v) is 2.08. The van der Waals surface area contributed by atoms with Gasteiger partial charge in [0.1, 0.15) is 5.82 Å². The van der Waals surface area contributed by atoms with Crippen molar-refractivity contribution in [1.29, 1.82) is 0 Å². The van der Waals surface area contributed by atoms with Crippen molar-refractivity contribution in [3.05, 3.63) is 23.9 Å². The van der Waals surface area contributed by atoms with E-state index in [4.69, 9.17) is 4.74 Å².